The molecule has 25 heavy (non-hydrogen) atoms. The molecule has 126 valence electrons. The molecule has 7 heteroatoms. The highest BCUT2D eigenvalue weighted by Gasteiger charge is 2.16. The topological polar surface area (TPSA) is 92.4 Å². The summed E-state index contributed by atoms with van der Waals surface area (Å²) < 4.78 is 18.1. The summed E-state index contributed by atoms with van der Waals surface area (Å²) in [6.07, 6.45) is -0.212. The number of para-hydroxylation sites is 1. The molecule has 0 aliphatic rings. The van der Waals surface area contributed by atoms with Gasteiger partial charge < -0.3 is 14.9 Å². The van der Waals surface area contributed by atoms with Crippen molar-refractivity contribution in [3.05, 3.63) is 71.7 Å². The fourth-order valence-electron chi connectivity index (χ4n) is 2.28. The average Bonchev–Trinajstić information content (AvgIpc) is 3.07. The van der Waals surface area contributed by atoms with Crippen molar-refractivity contribution in [3.8, 4) is 11.3 Å². The molecule has 0 radical (unpaired) electrons. The predicted molar refractivity (Wildman–Crippen MR) is 87.6 cm³/mol. The molecule has 0 bridgehead atoms. The van der Waals surface area contributed by atoms with E-state index in [-0.39, 0.29) is 17.9 Å². The fourth-order valence-corrected chi connectivity index (χ4v) is 2.28. The molecule has 0 aliphatic heterocycles. The van der Waals surface area contributed by atoms with Crippen molar-refractivity contribution in [2.45, 2.75) is 6.42 Å². The number of benzene rings is 2. The monoisotopic (exact) mass is 340 g/mol. The zero-order valence-electron chi connectivity index (χ0n) is 12.9. The number of carboxylic acids is 1. The Morgan fingerprint density at radius 2 is 1.84 bits per heavy atom. The summed E-state index contributed by atoms with van der Waals surface area (Å²) in [5.41, 5.74) is 1.48. The largest absolute Gasteiger partial charge is 0.481 e. The van der Waals surface area contributed by atoms with Crippen LogP contribution in [-0.2, 0) is 11.2 Å². The lowest BCUT2D eigenvalue weighted by atomic mass is 10.1. The highest BCUT2D eigenvalue weighted by molar-refractivity contribution is 6.03. The van der Waals surface area contributed by atoms with E-state index in [0.29, 0.717) is 22.6 Å². The van der Waals surface area contributed by atoms with Crippen LogP contribution in [0.5, 0.6) is 0 Å². The van der Waals surface area contributed by atoms with Gasteiger partial charge in [-0.05, 0) is 35.9 Å². The number of nitrogens with zero attached hydrogens (tertiary/aromatic N) is 1. The van der Waals surface area contributed by atoms with Crippen molar-refractivity contribution < 1.29 is 23.6 Å². The summed E-state index contributed by atoms with van der Waals surface area (Å²) in [5, 5.41) is 15.3. The zero-order valence-corrected chi connectivity index (χ0v) is 12.9. The first kappa shape index (κ1) is 16.4. The number of carbonyl (C=O) groups excluding carboxylic acids is 1. The molecular formula is C18H13FN2O4. The third-order valence-corrected chi connectivity index (χ3v) is 3.48. The predicted octanol–water partition coefficient (Wildman–Crippen LogP) is 3.36. The molecule has 0 aliphatic carbocycles. The van der Waals surface area contributed by atoms with Crippen molar-refractivity contribution in [2.24, 2.45) is 0 Å². The zero-order chi connectivity index (χ0) is 17.8. The van der Waals surface area contributed by atoms with Crippen LogP contribution in [0.15, 0.2) is 59.1 Å². The van der Waals surface area contributed by atoms with Crippen LogP contribution in [0.3, 0.4) is 0 Å². The molecule has 0 saturated heterocycles. The number of nitrogens with one attached hydrogen (secondary N) is 1. The first-order valence-electron chi connectivity index (χ1n) is 7.36. The second-order valence-electron chi connectivity index (χ2n) is 5.27. The Morgan fingerprint density at radius 1 is 1.12 bits per heavy atom. The van der Waals surface area contributed by atoms with Crippen LogP contribution in [0.2, 0.25) is 0 Å². The van der Waals surface area contributed by atoms with Gasteiger partial charge in [0, 0.05) is 17.3 Å². The molecule has 0 atom stereocenters. The maximum atomic E-state index is 13.0. The molecule has 3 aromatic rings. The Labute approximate surface area is 141 Å². The van der Waals surface area contributed by atoms with Crippen LogP contribution in [-0.4, -0.2) is 22.1 Å². The summed E-state index contributed by atoms with van der Waals surface area (Å²) in [5.74, 6) is -1.59. The quantitative estimate of drug-likeness (QED) is 0.743. The van der Waals surface area contributed by atoms with Crippen LogP contribution in [0, 0.1) is 5.82 Å². The van der Waals surface area contributed by atoms with E-state index in [1.54, 1.807) is 24.3 Å². The second kappa shape index (κ2) is 6.96. The van der Waals surface area contributed by atoms with E-state index in [1.165, 1.54) is 30.3 Å². The van der Waals surface area contributed by atoms with Crippen molar-refractivity contribution >= 4 is 17.6 Å². The minimum absolute atomic E-state index is 0.0319. The first-order chi connectivity index (χ1) is 12.0. The summed E-state index contributed by atoms with van der Waals surface area (Å²) >= 11 is 0. The number of anilines is 1. The lowest BCUT2D eigenvalue weighted by Gasteiger charge is -2.08. The number of hydrogen-bond donors (Lipinski definition) is 2. The number of rotatable bonds is 5. The first-order valence-corrected chi connectivity index (χ1v) is 7.36. The minimum atomic E-state index is -0.998. The van der Waals surface area contributed by atoms with E-state index in [1.807, 2.05) is 0 Å². The van der Waals surface area contributed by atoms with Crippen LogP contribution in [0.1, 0.15) is 16.1 Å². The van der Waals surface area contributed by atoms with E-state index in [4.69, 9.17) is 9.63 Å². The summed E-state index contributed by atoms with van der Waals surface area (Å²) in [6, 6.07) is 13.6. The summed E-state index contributed by atoms with van der Waals surface area (Å²) in [6.45, 7) is 0. The van der Waals surface area contributed by atoms with Crippen LogP contribution in [0.4, 0.5) is 10.1 Å². The van der Waals surface area contributed by atoms with Crippen LogP contribution < -0.4 is 5.32 Å². The van der Waals surface area contributed by atoms with Gasteiger partial charge in [-0.15, -0.1) is 0 Å². The number of hydrogen-bond acceptors (Lipinski definition) is 4. The van der Waals surface area contributed by atoms with Crippen molar-refractivity contribution in [2.75, 3.05) is 5.32 Å². The van der Waals surface area contributed by atoms with Gasteiger partial charge in [-0.25, -0.2) is 4.39 Å². The lowest BCUT2D eigenvalue weighted by Crippen LogP contribution is -2.14. The summed E-state index contributed by atoms with van der Waals surface area (Å²) in [4.78, 5) is 23.2. The molecule has 1 aromatic heterocycles. The number of carbonyl (C=O) groups is 2. The maximum absolute atomic E-state index is 13.0. The Bertz CT molecular complexity index is 919. The maximum Gasteiger partial charge on any atom is 0.307 e. The second-order valence-corrected chi connectivity index (χ2v) is 5.27. The number of aromatic nitrogens is 1. The van der Waals surface area contributed by atoms with E-state index in [2.05, 4.69) is 10.5 Å². The Balaban J connectivity index is 1.79. The van der Waals surface area contributed by atoms with E-state index in [0.717, 1.165) is 0 Å². The van der Waals surface area contributed by atoms with Gasteiger partial charge in [-0.2, -0.15) is 0 Å². The lowest BCUT2D eigenvalue weighted by molar-refractivity contribution is -0.136. The molecule has 6 nitrogen and oxygen atoms in total. The van der Waals surface area contributed by atoms with Gasteiger partial charge in [-0.1, -0.05) is 23.4 Å². The molecular weight excluding hydrogens is 327 g/mol. The van der Waals surface area contributed by atoms with Gasteiger partial charge in [0.25, 0.3) is 5.91 Å². The van der Waals surface area contributed by atoms with Gasteiger partial charge in [-0.3, -0.25) is 9.59 Å². The smallest absolute Gasteiger partial charge is 0.307 e. The van der Waals surface area contributed by atoms with Gasteiger partial charge >= 0.3 is 5.97 Å². The Morgan fingerprint density at radius 3 is 2.56 bits per heavy atom. The standard InChI is InChI=1S/C18H13FN2O4/c19-13-7-5-11(6-8-13)16-10-15(21-25-16)18(24)20-14-4-2-1-3-12(14)9-17(22)23/h1-8,10H,9H2,(H,20,24)(H,22,23). The Hall–Kier alpha value is -3.48. The number of halogens is 1. The highest BCUT2D eigenvalue weighted by atomic mass is 19.1. The molecule has 1 amide bonds. The van der Waals surface area contributed by atoms with Crippen molar-refractivity contribution in [3.63, 3.8) is 0 Å². The van der Waals surface area contributed by atoms with Crippen molar-refractivity contribution in [1.82, 2.24) is 5.16 Å². The Kier molecular flexibility index (Phi) is 4.56. The van der Waals surface area contributed by atoms with Crippen molar-refractivity contribution in [1.29, 1.82) is 0 Å². The van der Waals surface area contributed by atoms with Gasteiger partial charge in [0.15, 0.2) is 11.5 Å². The minimum Gasteiger partial charge on any atom is -0.481 e. The van der Waals surface area contributed by atoms with Gasteiger partial charge in [0.05, 0.1) is 6.42 Å². The fraction of sp³-hybridized carbons (Fsp3) is 0.0556. The van der Waals surface area contributed by atoms with E-state index in [9.17, 15) is 14.0 Å². The van der Waals surface area contributed by atoms with Gasteiger partial charge in [0.2, 0.25) is 0 Å². The summed E-state index contributed by atoms with van der Waals surface area (Å²) in [7, 11) is 0. The molecule has 1 heterocycles. The molecule has 0 unspecified atom stereocenters. The number of amides is 1. The number of carboxylic acid groups (broad SMARTS) is 1. The van der Waals surface area contributed by atoms with E-state index >= 15 is 0 Å². The number of aliphatic carboxylic acids is 1. The highest BCUT2D eigenvalue weighted by Crippen LogP contribution is 2.22. The normalized spacial score (nSPS) is 10.4. The molecule has 0 fully saturated rings. The third-order valence-electron chi connectivity index (χ3n) is 3.48. The molecule has 0 saturated carbocycles. The van der Waals surface area contributed by atoms with Crippen LogP contribution in [0.25, 0.3) is 11.3 Å². The van der Waals surface area contributed by atoms with Crippen LogP contribution >= 0.6 is 0 Å². The molecule has 0 spiro atoms. The molecule has 2 N–H and O–H groups in total. The molecule has 2 aromatic carbocycles. The molecule has 3 rings (SSSR count). The van der Waals surface area contributed by atoms with Gasteiger partial charge in [0.1, 0.15) is 5.82 Å². The SMILES string of the molecule is O=C(O)Cc1ccccc1NC(=O)c1cc(-c2ccc(F)cc2)on1. The average molecular weight is 340 g/mol. The van der Waals surface area contributed by atoms with E-state index < -0.39 is 11.9 Å². The third kappa shape index (κ3) is 3.89.